The third kappa shape index (κ3) is 6.06. The number of carboxylic acids is 1. The van der Waals surface area contributed by atoms with Gasteiger partial charge in [0.25, 0.3) is 5.91 Å². The number of aliphatic carboxylic acids is 1. The standard InChI is InChI=1S/C16H15ClN4OS2.C2HF3O2/c17-14-2-1-12(24-14)8-19-15-5-13(11-6-18-7-11)20-21(15)16(22)10-3-4-23-9-10;3-2(4,5)1(6)7/h1-5,9,11,18-19H,6-8H2;(H,6,7). The van der Waals surface area contributed by atoms with Gasteiger partial charge >= 0.3 is 12.1 Å². The summed E-state index contributed by atoms with van der Waals surface area (Å²) in [6.07, 6.45) is -5.08. The molecule has 7 nitrogen and oxygen atoms in total. The van der Waals surface area contributed by atoms with Crippen LogP contribution in [0, 0.1) is 0 Å². The van der Waals surface area contributed by atoms with E-state index in [0.717, 1.165) is 33.8 Å². The van der Waals surface area contributed by atoms with Gasteiger partial charge in [-0.1, -0.05) is 11.6 Å². The van der Waals surface area contributed by atoms with Crippen molar-refractivity contribution in [2.75, 3.05) is 18.4 Å². The number of nitrogens with zero attached hydrogens (tertiary/aromatic N) is 2. The van der Waals surface area contributed by atoms with Gasteiger partial charge in [-0.2, -0.15) is 34.3 Å². The van der Waals surface area contributed by atoms with Crippen LogP contribution < -0.4 is 10.6 Å². The quantitative estimate of drug-likeness (QED) is 0.492. The molecule has 3 aromatic heterocycles. The lowest BCUT2D eigenvalue weighted by molar-refractivity contribution is -0.192. The van der Waals surface area contributed by atoms with Crippen molar-refractivity contribution in [3.8, 4) is 0 Å². The summed E-state index contributed by atoms with van der Waals surface area (Å²) in [4.78, 5) is 22.7. The zero-order valence-corrected chi connectivity index (χ0v) is 18.0. The summed E-state index contributed by atoms with van der Waals surface area (Å²) in [6.45, 7) is 2.43. The van der Waals surface area contributed by atoms with Crippen LogP contribution in [0.25, 0.3) is 0 Å². The lowest BCUT2D eigenvalue weighted by Gasteiger charge is -2.24. The molecule has 1 saturated heterocycles. The Morgan fingerprint density at radius 2 is 2.03 bits per heavy atom. The fourth-order valence-corrected chi connectivity index (χ4v) is 4.17. The molecule has 13 heteroatoms. The van der Waals surface area contributed by atoms with Crippen molar-refractivity contribution in [1.29, 1.82) is 0 Å². The number of carbonyl (C=O) groups is 2. The fraction of sp³-hybridized carbons (Fsp3) is 0.278. The maximum Gasteiger partial charge on any atom is 0.490 e. The van der Waals surface area contributed by atoms with Gasteiger partial charge in [0.15, 0.2) is 0 Å². The number of anilines is 1. The van der Waals surface area contributed by atoms with Crippen molar-refractivity contribution >= 4 is 52.0 Å². The molecular weight excluding hydrogens is 477 g/mol. The summed E-state index contributed by atoms with van der Waals surface area (Å²) in [5.41, 5.74) is 1.60. The number of carbonyl (C=O) groups excluding carboxylic acids is 1. The van der Waals surface area contributed by atoms with Crippen molar-refractivity contribution in [3.63, 3.8) is 0 Å². The third-order valence-corrected chi connectivity index (χ3v) is 6.12. The fourth-order valence-electron chi connectivity index (χ4n) is 2.51. The second-order valence-corrected chi connectivity index (χ2v) is 8.98. The molecule has 0 amide bonds. The molecule has 0 aliphatic carbocycles. The van der Waals surface area contributed by atoms with Crippen LogP contribution in [0.3, 0.4) is 0 Å². The summed E-state index contributed by atoms with van der Waals surface area (Å²) in [7, 11) is 0. The predicted molar refractivity (Wildman–Crippen MR) is 112 cm³/mol. The summed E-state index contributed by atoms with van der Waals surface area (Å²) in [5.74, 6) is -1.77. The Morgan fingerprint density at radius 1 is 1.32 bits per heavy atom. The topological polar surface area (TPSA) is 96.2 Å². The Kier molecular flexibility index (Phi) is 7.36. The van der Waals surface area contributed by atoms with Gasteiger partial charge in [0.1, 0.15) is 5.82 Å². The first-order chi connectivity index (χ1) is 14.6. The van der Waals surface area contributed by atoms with Crippen LogP contribution in [0.15, 0.2) is 35.0 Å². The highest BCUT2D eigenvalue weighted by molar-refractivity contribution is 7.16. The van der Waals surface area contributed by atoms with E-state index < -0.39 is 12.1 Å². The molecule has 0 bridgehead atoms. The van der Waals surface area contributed by atoms with Crippen LogP contribution in [-0.2, 0) is 11.3 Å². The molecule has 166 valence electrons. The van der Waals surface area contributed by atoms with Crippen molar-refractivity contribution in [2.24, 2.45) is 0 Å². The van der Waals surface area contributed by atoms with E-state index in [1.165, 1.54) is 27.4 Å². The smallest absolute Gasteiger partial charge is 0.475 e. The average molecular weight is 493 g/mol. The molecule has 3 N–H and O–H groups in total. The van der Waals surface area contributed by atoms with E-state index in [9.17, 15) is 18.0 Å². The molecule has 0 atom stereocenters. The number of nitrogens with one attached hydrogen (secondary N) is 2. The van der Waals surface area contributed by atoms with Crippen LogP contribution in [0.2, 0.25) is 4.34 Å². The Bertz CT molecular complexity index is 1050. The van der Waals surface area contributed by atoms with Gasteiger partial charge in [-0.25, -0.2) is 4.79 Å². The lowest BCUT2D eigenvalue weighted by Crippen LogP contribution is -2.40. The number of thiophene rings is 2. The minimum Gasteiger partial charge on any atom is -0.475 e. The maximum absolute atomic E-state index is 12.7. The number of hydrogen-bond donors (Lipinski definition) is 3. The largest absolute Gasteiger partial charge is 0.490 e. The zero-order valence-electron chi connectivity index (χ0n) is 15.6. The van der Waals surface area contributed by atoms with Crippen LogP contribution >= 0.6 is 34.3 Å². The van der Waals surface area contributed by atoms with E-state index >= 15 is 0 Å². The first kappa shape index (κ1) is 23.3. The van der Waals surface area contributed by atoms with E-state index in [1.54, 1.807) is 0 Å². The minimum atomic E-state index is -5.08. The summed E-state index contributed by atoms with van der Waals surface area (Å²) >= 11 is 9.01. The Balaban J connectivity index is 0.000000339. The molecule has 0 aromatic carbocycles. The molecule has 1 fully saturated rings. The van der Waals surface area contributed by atoms with E-state index in [4.69, 9.17) is 21.5 Å². The first-order valence-corrected chi connectivity index (χ1v) is 10.9. The van der Waals surface area contributed by atoms with Crippen LogP contribution in [-0.4, -0.2) is 46.0 Å². The minimum absolute atomic E-state index is 0.110. The SMILES string of the molecule is O=C(O)C(F)(F)F.O=C(c1ccsc1)n1nc(C2CNC2)cc1NCc1ccc(Cl)s1. The van der Waals surface area contributed by atoms with Crippen LogP contribution in [0.4, 0.5) is 19.0 Å². The Labute approximate surface area is 187 Å². The second-order valence-electron chi connectivity index (χ2n) is 6.40. The van der Waals surface area contributed by atoms with Crippen molar-refractivity contribution in [1.82, 2.24) is 15.1 Å². The highest BCUT2D eigenvalue weighted by atomic mass is 35.5. The number of carboxylic acid groups (broad SMARTS) is 1. The van der Waals surface area contributed by atoms with Gasteiger partial charge in [0, 0.05) is 35.3 Å². The third-order valence-electron chi connectivity index (χ3n) is 4.20. The van der Waals surface area contributed by atoms with E-state index in [1.807, 2.05) is 35.0 Å². The number of halogens is 4. The molecule has 31 heavy (non-hydrogen) atoms. The summed E-state index contributed by atoms with van der Waals surface area (Å²) < 4.78 is 34.0. The van der Waals surface area contributed by atoms with Gasteiger partial charge in [0.2, 0.25) is 0 Å². The number of rotatable bonds is 5. The lowest BCUT2D eigenvalue weighted by atomic mass is 10.00. The molecule has 4 heterocycles. The highest BCUT2D eigenvalue weighted by Gasteiger charge is 2.38. The van der Waals surface area contributed by atoms with Gasteiger partial charge in [-0.3, -0.25) is 4.79 Å². The molecule has 3 aromatic rings. The predicted octanol–water partition coefficient (Wildman–Crippen LogP) is 4.28. The molecule has 0 saturated carbocycles. The van der Waals surface area contributed by atoms with Crippen molar-refractivity contribution in [3.05, 3.63) is 55.5 Å². The molecule has 4 rings (SSSR count). The number of hydrogen-bond acceptors (Lipinski definition) is 7. The molecule has 0 spiro atoms. The van der Waals surface area contributed by atoms with Crippen molar-refractivity contribution < 1.29 is 27.9 Å². The Morgan fingerprint density at radius 3 is 2.52 bits per heavy atom. The molecular formula is C18H16ClF3N4O3S2. The normalized spacial score (nSPS) is 13.8. The summed E-state index contributed by atoms with van der Waals surface area (Å²) in [6, 6.07) is 7.66. The van der Waals surface area contributed by atoms with Gasteiger partial charge in [-0.05, 0) is 23.6 Å². The van der Waals surface area contributed by atoms with E-state index in [0.29, 0.717) is 18.0 Å². The monoisotopic (exact) mass is 492 g/mol. The summed E-state index contributed by atoms with van der Waals surface area (Å²) in [5, 5.41) is 22.0. The number of aromatic nitrogens is 2. The van der Waals surface area contributed by atoms with Crippen LogP contribution in [0.5, 0.6) is 0 Å². The van der Waals surface area contributed by atoms with Crippen LogP contribution in [0.1, 0.15) is 26.8 Å². The van der Waals surface area contributed by atoms with Gasteiger partial charge in [-0.15, -0.1) is 11.3 Å². The maximum atomic E-state index is 12.7. The van der Waals surface area contributed by atoms with Gasteiger partial charge in [0.05, 0.1) is 22.1 Å². The zero-order chi connectivity index (χ0) is 22.6. The van der Waals surface area contributed by atoms with Gasteiger partial charge < -0.3 is 15.7 Å². The Hall–Kier alpha value is -2.41. The second kappa shape index (κ2) is 9.81. The van der Waals surface area contributed by atoms with E-state index in [2.05, 4.69) is 15.7 Å². The first-order valence-electron chi connectivity index (χ1n) is 8.81. The average Bonchev–Trinajstić information content (AvgIpc) is 3.39. The molecule has 0 radical (unpaired) electrons. The highest BCUT2D eigenvalue weighted by Crippen LogP contribution is 2.26. The van der Waals surface area contributed by atoms with E-state index in [-0.39, 0.29) is 5.91 Å². The van der Waals surface area contributed by atoms with Crippen molar-refractivity contribution in [2.45, 2.75) is 18.6 Å². The molecule has 0 unspecified atom stereocenters. The molecule has 1 aliphatic heterocycles. The number of alkyl halides is 3. The molecule has 1 aliphatic rings.